The summed E-state index contributed by atoms with van der Waals surface area (Å²) in [6.45, 7) is 10.3. The number of rotatable bonds is 7. The van der Waals surface area contributed by atoms with Crippen molar-refractivity contribution >= 4 is 23.6 Å². The molecule has 1 N–H and O–H groups in total. The molecule has 0 aliphatic carbocycles. The molecule has 1 aliphatic heterocycles. The van der Waals surface area contributed by atoms with E-state index in [1.165, 1.54) is 16.0 Å². The maximum Gasteiger partial charge on any atom is 0.234 e. The molecule has 6 heteroatoms. The lowest BCUT2D eigenvalue weighted by molar-refractivity contribution is -0.130. The van der Waals surface area contributed by atoms with Gasteiger partial charge in [-0.05, 0) is 31.9 Å². The molecule has 0 atom stereocenters. The van der Waals surface area contributed by atoms with Gasteiger partial charge in [-0.1, -0.05) is 24.6 Å². The Balaban J connectivity index is 1.74. The van der Waals surface area contributed by atoms with Crippen molar-refractivity contribution < 1.29 is 9.59 Å². The number of hydrogen-bond acceptors (Lipinski definition) is 4. The minimum absolute atomic E-state index is 0.0760. The third-order valence-corrected chi connectivity index (χ3v) is 5.50. The van der Waals surface area contributed by atoms with Crippen LogP contribution in [0.3, 0.4) is 0 Å². The summed E-state index contributed by atoms with van der Waals surface area (Å²) in [6.07, 6.45) is 0.950. The van der Waals surface area contributed by atoms with Gasteiger partial charge in [0.2, 0.25) is 11.8 Å². The lowest BCUT2D eigenvalue weighted by Crippen LogP contribution is -2.51. The van der Waals surface area contributed by atoms with Crippen LogP contribution < -0.4 is 5.32 Å². The number of nitrogens with zero attached hydrogens (tertiary/aromatic N) is 2. The SMILES string of the molecule is CCCNC(=O)CN1CCN(C(=O)CSc2cc(C)ccc2C)CC1. The van der Waals surface area contributed by atoms with E-state index in [2.05, 4.69) is 42.3 Å². The first-order chi connectivity index (χ1) is 12.0. The summed E-state index contributed by atoms with van der Waals surface area (Å²) >= 11 is 1.61. The van der Waals surface area contributed by atoms with E-state index >= 15 is 0 Å². The highest BCUT2D eigenvalue weighted by atomic mass is 32.2. The number of piperazine rings is 1. The van der Waals surface area contributed by atoms with Crippen LogP contribution in [0.4, 0.5) is 0 Å². The summed E-state index contributed by atoms with van der Waals surface area (Å²) in [5.74, 6) is 0.731. The van der Waals surface area contributed by atoms with Crippen molar-refractivity contribution in [2.24, 2.45) is 0 Å². The average Bonchev–Trinajstić information content (AvgIpc) is 2.61. The molecule has 1 heterocycles. The van der Waals surface area contributed by atoms with Gasteiger partial charge in [0.25, 0.3) is 0 Å². The topological polar surface area (TPSA) is 52.7 Å². The molecule has 0 saturated carbocycles. The number of carbonyl (C=O) groups is 2. The van der Waals surface area contributed by atoms with E-state index in [0.717, 1.165) is 26.1 Å². The molecule has 0 bridgehead atoms. The molecule has 138 valence electrons. The van der Waals surface area contributed by atoms with Gasteiger partial charge < -0.3 is 10.2 Å². The summed E-state index contributed by atoms with van der Waals surface area (Å²) < 4.78 is 0. The Morgan fingerprint density at radius 1 is 1.16 bits per heavy atom. The van der Waals surface area contributed by atoms with Crippen molar-refractivity contribution in [3.63, 3.8) is 0 Å². The van der Waals surface area contributed by atoms with Crippen molar-refractivity contribution in [2.75, 3.05) is 45.0 Å². The second-order valence-corrected chi connectivity index (χ2v) is 7.58. The van der Waals surface area contributed by atoms with Gasteiger partial charge in [-0.15, -0.1) is 11.8 Å². The quantitative estimate of drug-likeness (QED) is 0.754. The van der Waals surface area contributed by atoms with Gasteiger partial charge in [0.1, 0.15) is 0 Å². The van der Waals surface area contributed by atoms with Gasteiger partial charge in [0.05, 0.1) is 12.3 Å². The number of benzene rings is 1. The number of amides is 2. The normalized spacial score (nSPS) is 15.2. The molecule has 25 heavy (non-hydrogen) atoms. The maximum atomic E-state index is 12.4. The van der Waals surface area contributed by atoms with Crippen LogP contribution in [-0.4, -0.2) is 66.6 Å². The molecule has 2 amide bonds. The summed E-state index contributed by atoms with van der Waals surface area (Å²) in [4.78, 5) is 29.4. The van der Waals surface area contributed by atoms with Crippen LogP contribution in [-0.2, 0) is 9.59 Å². The van der Waals surface area contributed by atoms with Gasteiger partial charge in [0.15, 0.2) is 0 Å². The Labute approximate surface area is 155 Å². The fourth-order valence-corrected chi connectivity index (χ4v) is 3.80. The zero-order chi connectivity index (χ0) is 18.2. The predicted molar refractivity (Wildman–Crippen MR) is 103 cm³/mol. The van der Waals surface area contributed by atoms with Crippen LogP contribution in [0.5, 0.6) is 0 Å². The molecule has 5 nitrogen and oxygen atoms in total. The van der Waals surface area contributed by atoms with Crippen molar-refractivity contribution in [1.29, 1.82) is 0 Å². The van der Waals surface area contributed by atoms with E-state index in [0.29, 0.717) is 25.4 Å². The summed E-state index contributed by atoms with van der Waals surface area (Å²) in [5, 5.41) is 2.90. The third-order valence-electron chi connectivity index (χ3n) is 4.36. The van der Waals surface area contributed by atoms with Gasteiger partial charge in [-0.3, -0.25) is 14.5 Å². The number of carbonyl (C=O) groups excluding carboxylic acids is 2. The number of thioether (sulfide) groups is 1. The van der Waals surface area contributed by atoms with E-state index in [-0.39, 0.29) is 11.8 Å². The van der Waals surface area contributed by atoms with Crippen molar-refractivity contribution in [3.05, 3.63) is 29.3 Å². The summed E-state index contributed by atoms with van der Waals surface area (Å²) in [5.41, 5.74) is 2.43. The van der Waals surface area contributed by atoms with Gasteiger partial charge in [-0.25, -0.2) is 0 Å². The Hall–Kier alpha value is -1.53. The highest BCUT2D eigenvalue weighted by Crippen LogP contribution is 2.24. The Morgan fingerprint density at radius 3 is 2.56 bits per heavy atom. The zero-order valence-corrected chi connectivity index (χ0v) is 16.3. The summed E-state index contributed by atoms with van der Waals surface area (Å²) in [6, 6.07) is 6.34. The van der Waals surface area contributed by atoms with Gasteiger partial charge in [-0.2, -0.15) is 0 Å². The first-order valence-electron chi connectivity index (χ1n) is 8.96. The molecule has 2 rings (SSSR count). The Kier molecular flexibility index (Phi) is 7.78. The molecule has 1 fully saturated rings. The smallest absolute Gasteiger partial charge is 0.234 e. The van der Waals surface area contributed by atoms with Gasteiger partial charge in [0, 0.05) is 37.6 Å². The van der Waals surface area contributed by atoms with Crippen LogP contribution in [0.2, 0.25) is 0 Å². The molecule has 1 aromatic rings. The van der Waals surface area contributed by atoms with E-state index < -0.39 is 0 Å². The summed E-state index contributed by atoms with van der Waals surface area (Å²) in [7, 11) is 0. The van der Waals surface area contributed by atoms with Gasteiger partial charge >= 0.3 is 0 Å². The second kappa shape index (κ2) is 9.82. The minimum atomic E-state index is 0.0760. The van der Waals surface area contributed by atoms with E-state index in [9.17, 15) is 9.59 Å². The molecule has 1 aromatic carbocycles. The molecule has 0 radical (unpaired) electrons. The van der Waals surface area contributed by atoms with Crippen LogP contribution >= 0.6 is 11.8 Å². The first-order valence-corrected chi connectivity index (χ1v) is 9.95. The molecular formula is C19H29N3O2S. The monoisotopic (exact) mass is 363 g/mol. The molecule has 0 spiro atoms. The minimum Gasteiger partial charge on any atom is -0.355 e. The molecule has 1 saturated heterocycles. The first kappa shape index (κ1) is 19.8. The van der Waals surface area contributed by atoms with Crippen molar-refractivity contribution in [2.45, 2.75) is 32.1 Å². The van der Waals surface area contributed by atoms with E-state index in [4.69, 9.17) is 0 Å². The third kappa shape index (κ3) is 6.36. The number of nitrogens with one attached hydrogen (secondary N) is 1. The van der Waals surface area contributed by atoms with E-state index in [1.807, 2.05) is 11.8 Å². The second-order valence-electron chi connectivity index (χ2n) is 6.56. The van der Waals surface area contributed by atoms with Crippen LogP contribution in [0, 0.1) is 13.8 Å². The molecule has 0 aromatic heterocycles. The standard InChI is InChI=1S/C19H29N3O2S/c1-4-7-20-18(23)13-21-8-10-22(11-9-21)19(24)14-25-17-12-15(2)5-6-16(17)3/h5-6,12H,4,7-11,13-14H2,1-3H3,(H,20,23). The van der Waals surface area contributed by atoms with E-state index in [1.54, 1.807) is 11.8 Å². The van der Waals surface area contributed by atoms with Crippen LogP contribution in [0.15, 0.2) is 23.1 Å². The molecular weight excluding hydrogens is 334 g/mol. The largest absolute Gasteiger partial charge is 0.355 e. The Bertz CT molecular complexity index is 598. The van der Waals surface area contributed by atoms with Crippen molar-refractivity contribution in [3.8, 4) is 0 Å². The number of aryl methyl sites for hydroxylation is 2. The zero-order valence-electron chi connectivity index (χ0n) is 15.5. The average molecular weight is 364 g/mol. The highest BCUT2D eigenvalue weighted by Gasteiger charge is 2.22. The van der Waals surface area contributed by atoms with Crippen LogP contribution in [0.25, 0.3) is 0 Å². The molecule has 0 unspecified atom stereocenters. The lowest BCUT2D eigenvalue weighted by atomic mass is 10.2. The maximum absolute atomic E-state index is 12.4. The van der Waals surface area contributed by atoms with Crippen molar-refractivity contribution in [1.82, 2.24) is 15.1 Å². The molecule has 1 aliphatic rings. The Morgan fingerprint density at radius 2 is 1.88 bits per heavy atom. The number of hydrogen-bond donors (Lipinski definition) is 1. The fourth-order valence-electron chi connectivity index (χ4n) is 2.77. The highest BCUT2D eigenvalue weighted by molar-refractivity contribution is 8.00. The van der Waals surface area contributed by atoms with Crippen LogP contribution in [0.1, 0.15) is 24.5 Å². The lowest BCUT2D eigenvalue weighted by Gasteiger charge is -2.34. The predicted octanol–water partition coefficient (Wildman–Crippen LogP) is 2.07. The fraction of sp³-hybridized carbons (Fsp3) is 0.579.